The van der Waals surface area contributed by atoms with Crippen LogP contribution in [0.1, 0.15) is 32.7 Å². The number of carbonyl (C=O) groups is 2. The van der Waals surface area contributed by atoms with Gasteiger partial charge in [-0.05, 0) is 56.5 Å². The van der Waals surface area contributed by atoms with Gasteiger partial charge in [0.25, 0.3) is 11.6 Å². The van der Waals surface area contributed by atoms with Gasteiger partial charge in [-0.1, -0.05) is 18.2 Å². The van der Waals surface area contributed by atoms with E-state index in [1.165, 1.54) is 12.1 Å². The van der Waals surface area contributed by atoms with E-state index in [1.54, 1.807) is 27.7 Å². The number of fused-ring (bicyclic) bond motifs is 1. The lowest BCUT2D eigenvalue weighted by atomic mass is 10.0. The average Bonchev–Trinajstić information content (AvgIpc) is 2.68. The summed E-state index contributed by atoms with van der Waals surface area (Å²) in [6, 6.07) is 10.3. The number of hydrogen-bond donors (Lipinski definition) is 1. The fourth-order valence-electron chi connectivity index (χ4n) is 3.27. The van der Waals surface area contributed by atoms with Crippen LogP contribution in [0.5, 0.6) is 0 Å². The lowest BCUT2D eigenvalue weighted by molar-refractivity contribution is -0.384. The number of pyridine rings is 1. The van der Waals surface area contributed by atoms with Crippen LogP contribution in [0.4, 0.5) is 11.4 Å². The summed E-state index contributed by atoms with van der Waals surface area (Å²) in [7, 11) is 0. The van der Waals surface area contributed by atoms with Gasteiger partial charge in [0.15, 0.2) is 6.61 Å². The van der Waals surface area contributed by atoms with Gasteiger partial charge < -0.3 is 10.1 Å². The number of para-hydroxylation sites is 1. The Bertz CT molecular complexity index is 1190. The number of ether oxygens (including phenoxy) is 1. The van der Waals surface area contributed by atoms with Crippen molar-refractivity contribution in [3.05, 3.63) is 74.5 Å². The fourth-order valence-corrected chi connectivity index (χ4v) is 3.27. The van der Waals surface area contributed by atoms with Gasteiger partial charge in [-0.25, -0.2) is 4.79 Å². The van der Waals surface area contributed by atoms with Crippen LogP contribution in [0.25, 0.3) is 10.9 Å². The molecule has 1 heterocycles. The molecule has 154 valence electrons. The second kappa shape index (κ2) is 8.28. The molecule has 0 unspecified atom stereocenters. The highest BCUT2D eigenvalue weighted by Gasteiger charge is 2.21. The maximum absolute atomic E-state index is 12.6. The van der Waals surface area contributed by atoms with Gasteiger partial charge in [-0.3, -0.25) is 19.9 Å². The van der Waals surface area contributed by atoms with Crippen LogP contribution in [-0.2, 0) is 9.53 Å². The highest BCUT2D eigenvalue weighted by atomic mass is 16.6. The maximum Gasteiger partial charge on any atom is 0.340 e. The molecule has 0 aliphatic heterocycles. The Morgan fingerprint density at radius 1 is 1.10 bits per heavy atom. The zero-order chi connectivity index (χ0) is 22.0. The molecule has 1 N–H and O–H groups in total. The Morgan fingerprint density at radius 2 is 1.77 bits per heavy atom. The van der Waals surface area contributed by atoms with Crippen LogP contribution in [0, 0.1) is 37.8 Å². The topological polar surface area (TPSA) is 111 Å². The first-order valence-electron chi connectivity index (χ1n) is 9.27. The van der Waals surface area contributed by atoms with Gasteiger partial charge in [-0.15, -0.1) is 0 Å². The SMILES string of the molecule is Cc1cc(NC(=O)COC(=O)c2c(C)nc3ccccc3c2C)c([N+](=O)[O-])cc1C. The number of anilines is 1. The molecule has 0 fully saturated rings. The third kappa shape index (κ3) is 4.12. The van der Waals surface area contributed by atoms with Crippen molar-refractivity contribution in [1.82, 2.24) is 4.98 Å². The Morgan fingerprint density at radius 3 is 2.47 bits per heavy atom. The lowest BCUT2D eigenvalue weighted by Crippen LogP contribution is -2.22. The fraction of sp³-hybridized carbons (Fsp3) is 0.227. The third-order valence-electron chi connectivity index (χ3n) is 4.95. The molecule has 0 radical (unpaired) electrons. The van der Waals surface area contributed by atoms with Crippen LogP contribution in [0.15, 0.2) is 36.4 Å². The average molecular weight is 407 g/mol. The smallest absolute Gasteiger partial charge is 0.340 e. The third-order valence-corrected chi connectivity index (χ3v) is 4.95. The monoisotopic (exact) mass is 407 g/mol. The largest absolute Gasteiger partial charge is 0.452 e. The first-order valence-corrected chi connectivity index (χ1v) is 9.27. The molecule has 8 heteroatoms. The highest BCUT2D eigenvalue weighted by molar-refractivity contribution is 6.00. The molecule has 1 amide bonds. The summed E-state index contributed by atoms with van der Waals surface area (Å²) in [5.41, 5.74) is 3.66. The van der Waals surface area contributed by atoms with Gasteiger partial charge in [0.2, 0.25) is 0 Å². The van der Waals surface area contributed by atoms with E-state index in [-0.39, 0.29) is 11.4 Å². The van der Waals surface area contributed by atoms with E-state index in [1.807, 2.05) is 24.3 Å². The number of hydrogen-bond acceptors (Lipinski definition) is 6. The standard InChI is InChI=1S/C22H21N3O5/c1-12-9-18(19(25(28)29)10-13(12)2)24-20(26)11-30-22(27)21-14(3)16-7-5-6-8-17(16)23-15(21)4/h5-10H,11H2,1-4H3,(H,24,26). The van der Waals surface area contributed by atoms with Gasteiger partial charge in [0, 0.05) is 11.5 Å². The number of carbonyl (C=O) groups excluding carboxylic acids is 2. The number of nitro benzene ring substituents is 1. The van der Waals surface area contributed by atoms with Crippen molar-refractivity contribution in [2.45, 2.75) is 27.7 Å². The molecule has 2 aromatic carbocycles. The molecule has 0 aliphatic carbocycles. The maximum atomic E-state index is 12.6. The van der Waals surface area contributed by atoms with E-state index < -0.39 is 23.4 Å². The highest BCUT2D eigenvalue weighted by Crippen LogP contribution is 2.28. The summed E-state index contributed by atoms with van der Waals surface area (Å²) in [5, 5.41) is 14.5. The molecule has 3 rings (SSSR count). The summed E-state index contributed by atoms with van der Waals surface area (Å²) in [4.78, 5) is 40.0. The molecule has 1 aromatic heterocycles. The molecular weight excluding hydrogens is 386 g/mol. The number of aromatic nitrogens is 1. The summed E-state index contributed by atoms with van der Waals surface area (Å²) < 4.78 is 5.17. The van der Waals surface area contributed by atoms with E-state index in [0.717, 1.165) is 22.0 Å². The van der Waals surface area contributed by atoms with Crippen LogP contribution >= 0.6 is 0 Å². The van der Waals surface area contributed by atoms with Crippen molar-refractivity contribution in [3.63, 3.8) is 0 Å². The molecular formula is C22H21N3O5. The predicted octanol–water partition coefficient (Wildman–Crippen LogP) is 4.17. The van der Waals surface area contributed by atoms with Crippen LogP contribution in [-0.4, -0.2) is 28.4 Å². The minimum Gasteiger partial charge on any atom is -0.452 e. The van der Waals surface area contributed by atoms with Crippen LogP contribution in [0.2, 0.25) is 0 Å². The number of benzene rings is 2. The summed E-state index contributed by atoms with van der Waals surface area (Å²) in [5.74, 6) is -1.34. The van der Waals surface area contributed by atoms with E-state index in [4.69, 9.17) is 4.74 Å². The van der Waals surface area contributed by atoms with E-state index in [2.05, 4.69) is 10.3 Å². The van der Waals surface area contributed by atoms with Gasteiger partial charge in [-0.2, -0.15) is 0 Å². The van der Waals surface area contributed by atoms with E-state index in [9.17, 15) is 19.7 Å². The lowest BCUT2D eigenvalue weighted by Gasteiger charge is -2.12. The summed E-state index contributed by atoms with van der Waals surface area (Å²) >= 11 is 0. The van der Waals surface area contributed by atoms with Crippen molar-refractivity contribution in [1.29, 1.82) is 0 Å². The zero-order valence-electron chi connectivity index (χ0n) is 17.1. The Balaban J connectivity index is 1.76. The number of amides is 1. The quantitative estimate of drug-likeness (QED) is 0.386. The van der Waals surface area contributed by atoms with Crippen molar-refractivity contribution >= 4 is 34.2 Å². The minimum atomic E-state index is -0.673. The van der Waals surface area contributed by atoms with Crippen molar-refractivity contribution in [3.8, 4) is 0 Å². The van der Waals surface area contributed by atoms with E-state index >= 15 is 0 Å². The molecule has 0 bridgehead atoms. The van der Waals surface area contributed by atoms with Crippen LogP contribution < -0.4 is 5.32 Å². The Labute approximate surface area is 173 Å². The van der Waals surface area contributed by atoms with Crippen molar-refractivity contribution < 1.29 is 19.2 Å². The Kier molecular flexibility index (Phi) is 5.77. The molecule has 30 heavy (non-hydrogen) atoms. The van der Waals surface area contributed by atoms with Crippen molar-refractivity contribution in [2.24, 2.45) is 0 Å². The number of nitro groups is 1. The van der Waals surface area contributed by atoms with Gasteiger partial charge in [0.1, 0.15) is 5.69 Å². The van der Waals surface area contributed by atoms with Gasteiger partial charge in [0.05, 0.1) is 21.7 Å². The molecule has 0 aliphatic rings. The van der Waals surface area contributed by atoms with Crippen molar-refractivity contribution in [2.75, 3.05) is 11.9 Å². The second-order valence-electron chi connectivity index (χ2n) is 7.05. The summed E-state index contributed by atoms with van der Waals surface area (Å²) in [6.07, 6.45) is 0. The number of nitrogens with zero attached hydrogens (tertiary/aromatic N) is 2. The first-order chi connectivity index (χ1) is 14.2. The second-order valence-corrected chi connectivity index (χ2v) is 7.05. The first kappa shape index (κ1) is 20.9. The molecule has 0 atom stereocenters. The molecule has 0 saturated heterocycles. The molecule has 0 spiro atoms. The van der Waals surface area contributed by atoms with Crippen LogP contribution in [0.3, 0.4) is 0 Å². The molecule has 3 aromatic rings. The van der Waals surface area contributed by atoms with Gasteiger partial charge >= 0.3 is 5.97 Å². The number of nitrogens with one attached hydrogen (secondary N) is 1. The predicted molar refractivity (Wildman–Crippen MR) is 113 cm³/mol. The number of rotatable bonds is 5. The molecule has 8 nitrogen and oxygen atoms in total. The minimum absolute atomic E-state index is 0.0591. The zero-order valence-corrected chi connectivity index (χ0v) is 17.1. The normalized spacial score (nSPS) is 10.7. The summed E-state index contributed by atoms with van der Waals surface area (Å²) in [6.45, 7) is 6.46. The number of esters is 1. The molecule has 0 saturated carbocycles. The number of aryl methyl sites for hydroxylation is 4. The Hall–Kier alpha value is -3.81. The van der Waals surface area contributed by atoms with E-state index in [0.29, 0.717) is 16.8 Å².